The highest BCUT2D eigenvalue weighted by Crippen LogP contribution is 2.18. The molecule has 1 aromatic carbocycles. The van der Waals surface area contributed by atoms with Gasteiger partial charge in [-0.25, -0.2) is 9.18 Å². The molecule has 0 aliphatic carbocycles. The van der Waals surface area contributed by atoms with Gasteiger partial charge in [0.15, 0.2) is 6.10 Å². The second-order valence-corrected chi connectivity index (χ2v) is 3.97. The molecule has 1 atom stereocenters. The quantitative estimate of drug-likeness (QED) is 0.856. The number of hydrogen-bond acceptors (Lipinski definition) is 3. The van der Waals surface area contributed by atoms with Crippen LogP contribution < -0.4 is 5.32 Å². The van der Waals surface area contributed by atoms with Gasteiger partial charge in [0, 0.05) is 6.54 Å². The van der Waals surface area contributed by atoms with Crippen molar-refractivity contribution >= 4 is 23.5 Å². The van der Waals surface area contributed by atoms with E-state index in [1.165, 1.54) is 13.0 Å². The van der Waals surface area contributed by atoms with Gasteiger partial charge in [0.25, 0.3) is 5.91 Å². The van der Waals surface area contributed by atoms with Gasteiger partial charge in [-0.3, -0.25) is 4.79 Å². The highest BCUT2D eigenvalue weighted by atomic mass is 35.5. The summed E-state index contributed by atoms with van der Waals surface area (Å²) >= 11 is 5.71. The minimum Gasteiger partial charge on any atom is -0.449 e. The number of carbonyl (C=O) groups excluding carboxylic acids is 2. The largest absolute Gasteiger partial charge is 0.449 e. The normalized spacial score (nSPS) is 11.8. The van der Waals surface area contributed by atoms with Crippen LogP contribution in [0.5, 0.6) is 0 Å². The van der Waals surface area contributed by atoms with Gasteiger partial charge in [-0.05, 0) is 32.0 Å². The van der Waals surface area contributed by atoms with Crippen molar-refractivity contribution in [1.82, 2.24) is 5.32 Å². The van der Waals surface area contributed by atoms with Gasteiger partial charge in [-0.1, -0.05) is 11.6 Å². The Morgan fingerprint density at radius 1 is 1.50 bits per heavy atom. The Kier molecular flexibility index (Phi) is 5.09. The number of ether oxygens (including phenoxy) is 1. The number of amides is 1. The zero-order valence-corrected chi connectivity index (χ0v) is 10.8. The first-order valence-electron chi connectivity index (χ1n) is 5.39. The smallest absolute Gasteiger partial charge is 0.340 e. The summed E-state index contributed by atoms with van der Waals surface area (Å²) in [6, 6.07) is 3.32. The molecule has 0 fully saturated rings. The first kappa shape index (κ1) is 14.4. The minimum atomic E-state index is -0.932. The molecule has 4 nitrogen and oxygen atoms in total. The predicted octanol–water partition coefficient (Wildman–Crippen LogP) is 2.16. The number of benzene rings is 1. The highest BCUT2D eigenvalue weighted by Gasteiger charge is 2.20. The SMILES string of the molecule is CCNC(=O)[C@H](C)OC(=O)c1ccc(F)cc1Cl. The lowest BCUT2D eigenvalue weighted by molar-refractivity contribution is -0.128. The van der Waals surface area contributed by atoms with Crippen LogP contribution in [0.3, 0.4) is 0 Å². The molecule has 1 rings (SSSR count). The van der Waals surface area contributed by atoms with Gasteiger partial charge < -0.3 is 10.1 Å². The Morgan fingerprint density at radius 3 is 2.72 bits per heavy atom. The number of halogens is 2. The molecule has 0 spiro atoms. The molecule has 1 N–H and O–H groups in total. The summed E-state index contributed by atoms with van der Waals surface area (Å²) in [5.74, 6) is -1.71. The van der Waals surface area contributed by atoms with Crippen molar-refractivity contribution in [1.29, 1.82) is 0 Å². The zero-order valence-electron chi connectivity index (χ0n) is 10.00. The summed E-state index contributed by atoms with van der Waals surface area (Å²) < 4.78 is 17.7. The van der Waals surface area contributed by atoms with E-state index in [0.29, 0.717) is 6.54 Å². The Hall–Kier alpha value is -1.62. The standard InChI is InChI=1S/C12H13ClFNO3/c1-3-15-11(16)7(2)18-12(17)9-5-4-8(14)6-10(9)13/h4-7H,3H2,1-2H3,(H,15,16)/t7-/m0/s1. The summed E-state index contributed by atoms with van der Waals surface area (Å²) in [6.07, 6.45) is -0.932. The third kappa shape index (κ3) is 3.70. The molecule has 1 amide bonds. The van der Waals surface area contributed by atoms with Gasteiger partial charge in [0.1, 0.15) is 5.82 Å². The molecule has 6 heteroatoms. The van der Waals surface area contributed by atoms with Crippen LogP contribution in [0.15, 0.2) is 18.2 Å². The van der Waals surface area contributed by atoms with E-state index in [0.717, 1.165) is 12.1 Å². The lowest BCUT2D eigenvalue weighted by atomic mass is 10.2. The molecule has 0 radical (unpaired) electrons. The molecule has 18 heavy (non-hydrogen) atoms. The van der Waals surface area contributed by atoms with Crippen molar-refractivity contribution in [3.05, 3.63) is 34.6 Å². The third-order valence-corrected chi connectivity index (χ3v) is 2.47. The van der Waals surface area contributed by atoms with E-state index in [4.69, 9.17) is 16.3 Å². The zero-order chi connectivity index (χ0) is 13.7. The maximum atomic E-state index is 12.8. The fraction of sp³-hybridized carbons (Fsp3) is 0.333. The average Bonchev–Trinajstić information content (AvgIpc) is 2.28. The molecule has 0 unspecified atom stereocenters. The second kappa shape index (κ2) is 6.35. The average molecular weight is 274 g/mol. The molecule has 0 aromatic heterocycles. The van der Waals surface area contributed by atoms with Crippen molar-refractivity contribution in [3.8, 4) is 0 Å². The molecule has 0 saturated heterocycles. The van der Waals surface area contributed by atoms with Crippen molar-refractivity contribution in [2.45, 2.75) is 20.0 Å². The van der Waals surface area contributed by atoms with E-state index in [1.54, 1.807) is 6.92 Å². The van der Waals surface area contributed by atoms with E-state index in [-0.39, 0.29) is 10.6 Å². The van der Waals surface area contributed by atoms with E-state index in [1.807, 2.05) is 0 Å². The number of carbonyl (C=O) groups is 2. The highest BCUT2D eigenvalue weighted by molar-refractivity contribution is 6.33. The lowest BCUT2D eigenvalue weighted by Gasteiger charge is -2.13. The summed E-state index contributed by atoms with van der Waals surface area (Å²) in [5, 5.41) is 2.46. The van der Waals surface area contributed by atoms with Crippen LogP contribution in [0, 0.1) is 5.82 Å². The van der Waals surface area contributed by atoms with Crippen molar-refractivity contribution in [3.63, 3.8) is 0 Å². The number of hydrogen-bond donors (Lipinski definition) is 1. The minimum absolute atomic E-state index is 0.0224. The number of rotatable bonds is 4. The molecule has 1 aromatic rings. The second-order valence-electron chi connectivity index (χ2n) is 3.57. The van der Waals surface area contributed by atoms with Crippen LogP contribution in [0.4, 0.5) is 4.39 Å². The molecule has 0 heterocycles. The van der Waals surface area contributed by atoms with Gasteiger partial charge in [0.05, 0.1) is 10.6 Å². The molecule has 0 aliphatic heterocycles. The van der Waals surface area contributed by atoms with Crippen LogP contribution >= 0.6 is 11.6 Å². The van der Waals surface area contributed by atoms with Gasteiger partial charge in [-0.2, -0.15) is 0 Å². The molecule has 98 valence electrons. The summed E-state index contributed by atoms with van der Waals surface area (Å²) in [4.78, 5) is 23.1. The molecule has 0 bridgehead atoms. The Morgan fingerprint density at radius 2 is 2.17 bits per heavy atom. The summed E-state index contributed by atoms with van der Waals surface area (Å²) in [7, 11) is 0. The molecule has 0 aliphatic rings. The maximum absolute atomic E-state index is 12.8. The topological polar surface area (TPSA) is 55.4 Å². The maximum Gasteiger partial charge on any atom is 0.340 e. The molecular formula is C12H13ClFNO3. The van der Waals surface area contributed by atoms with Crippen molar-refractivity contribution in [2.75, 3.05) is 6.54 Å². The fourth-order valence-electron chi connectivity index (χ4n) is 1.25. The Labute approximate surface area is 109 Å². The van der Waals surface area contributed by atoms with E-state index < -0.39 is 23.8 Å². The number of nitrogens with one attached hydrogen (secondary N) is 1. The Balaban J connectivity index is 2.73. The summed E-state index contributed by atoms with van der Waals surface area (Å²) in [6.45, 7) is 3.64. The first-order chi connectivity index (χ1) is 8.45. The van der Waals surface area contributed by atoms with Crippen LogP contribution in [0.25, 0.3) is 0 Å². The van der Waals surface area contributed by atoms with Crippen molar-refractivity contribution in [2.24, 2.45) is 0 Å². The van der Waals surface area contributed by atoms with Gasteiger partial charge in [0.2, 0.25) is 0 Å². The lowest BCUT2D eigenvalue weighted by Crippen LogP contribution is -2.35. The van der Waals surface area contributed by atoms with Gasteiger partial charge >= 0.3 is 5.97 Å². The number of esters is 1. The Bertz CT molecular complexity index is 465. The number of likely N-dealkylation sites (N-methyl/N-ethyl adjacent to an activating group) is 1. The van der Waals surface area contributed by atoms with Crippen LogP contribution in [-0.4, -0.2) is 24.5 Å². The van der Waals surface area contributed by atoms with Crippen LogP contribution in [0.1, 0.15) is 24.2 Å². The first-order valence-corrected chi connectivity index (χ1v) is 5.77. The molecule has 0 saturated carbocycles. The van der Waals surface area contributed by atoms with Crippen molar-refractivity contribution < 1.29 is 18.7 Å². The monoisotopic (exact) mass is 273 g/mol. The van der Waals surface area contributed by atoms with Crippen LogP contribution in [0.2, 0.25) is 5.02 Å². The van der Waals surface area contributed by atoms with E-state index in [9.17, 15) is 14.0 Å². The van der Waals surface area contributed by atoms with E-state index >= 15 is 0 Å². The van der Waals surface area contributed by atoms with Crippen LogP contribution in [-0.2, 0) is 9.53 Å². The third-order valence-electron chi connectivity index (χ3n) is 2.16. The fourth-order valence-corrected chi connectivity index (χ4v) is 1.49. The summed E-state index contributed by atoms with van der Waals surface area (Å²) in [5.41, 5.74) is 0.0224. The molecular weight excluding hydrogens is 261 g/mol. The predicted molar refractivity (Wildman–Crippen MR) is 65.0 cm³/mol. The van der Waals surface area contributed by atoms with Gasteiger partial charge in [-0.15, -0.1) is 0 Å². The van der Waals surface area contributed by atoms with E-state index in [2.05, 4.69) is 5.32 Å².